The molecule has 1 aromatic rings. The van der Waals surface area contributed by atoms with Crippen LogP contribution >= 0.6 is 22.6 Å². The summed E-state index contributed by atoms with van der Waals surface area (Å²) in [5.41, 5.74) is 1.10. The molecule has 70 valence electrons. The predicted octanol–water partition coefficient (Wildman–Crippen LogP) is 1.67. The van der Waals surface area contributed by atoms with Crippen molar-refractivity contribution in [2.45, 2.75) is 0 Å². The molecular weight excluding hydrogens is 289 g/mol. The monoisotopic (exact) mass is 298 g/mol. The molecule has 3 nitrogen and oxygen atoms in total. The summed E-state index contributed by atoms with van der Waals surface area (Å²) in [6.45, 7) is 0. The van der Waals surface area contributed by atoms with Gasteiger partial charge in [0.2, 0.25) is 0 Å². The molecule has 4 heteroatoms. The zero-order chi connectivity index (χ0) is 9.97. The molecule has 0 fully saturated rings. The number of aromatic nitrogens is 2. The van der Waals surface area contributed by atoms with Gasteiger partial charge in [0.1, 0.15) is 5.70 Å². The number of aryl methyl sites for hydroxylation is 1. The highest BCUT2D eigenvalue weighted by Crippen LogP contribution is 2.19. The van der Waals surface area contributed by atoms with Crippen molar-refractivity contribution in [3.63, 3.8) is 0 Å². The second-order valence-electron chi connectivity index (χ2n) is 2.86. The van der Waals surface area contributed by atoms with E-state index in [0.29, 0.717) is 0 Å². The predicted molar refractivity (Wildman–Crippen MR) is 64.0 cm³/mol. The van der Waals surface area contributed by atoms with Crippen molar-refractivity contribution in [2.75, 3.05) is 0 Å². The first-order valence-electron chi connectivity index (χ1n) is 4.17. The zero-order valence-electron chi connectivity index (χ0n) is 7.68. The fraction of sp³-hybridized carbons (Fsp3) is 0.100. The van der Waals surface area contributed by atoms with Crippen LogP contribution in [0.15, 0.2) is 45.4 Å². The highest BCUT2D eigenvalue weighted by molar-refractivity contribution is 14.1. The lowest BCUT2D eigenvalue weighted by molar-refractivity contribution is -0.742. The van der Waals surface area contributed by atoms with Gasteiger partial charge in [0.05, 0.1) is 9.78 Å². The van der Waals surface area contributed by atoms with Crippen molar-refractivity contribution in [2.24, 2.45) is 12.0 Å². The molecule has 2 rings (SSSR count). The molecule has 14 heavy (non-hydrogen) atoms. The van der Waals surface area contributed by atoms with Crippen LogP contribution in [0.4, 0.5) is 0 Å². The largest absolute Gasteiger partial charge is 0.214 e. The maximum absolute atomic E-state index is 3.96. The molecule has 1 aromatic heterocycles. The number of halogens is 1. The molecular formula is C10H9IN3+. The second-order valence-corrected chi connectivity index (χ2v) is 4.02. The smallest absolute Gasteiger partial charge is 0.195 e. The van der Waals surface area contributed by atoms with E-state index in [1.54, 1.807) is 6.20 Å². The van der Waals surface area contributed by atoms with E-state index in [1.807, 2.05) is 42.3 Å². The van der Waals surface area contributed by atoms with Gasteiger partial charge in [0, 0.05) is 18.3 Å². The molecule has 0 saturated heterocycles. The van der Waals surface area contributed by atoms with Crippen LogP contribution < -0.4 is 4.68 Å². The van der Waals surface area contributed by atoms with Gasteiger partial charge in [-0.05, 0) is 34.5 Å². The molecule has 0 aromatic carbocycles. The molecule has 0 atom stereocenters. The summed E-state index contributed by atoms with van der Waals surface area (Å²) in [6.07, 6.45) is 9.60. The first-order valence-corrected chi connectivity index (χ1v) is 5.25. The Kier molecular flexibility index (Phi) is 2.65. The van der Waals surface area contributed by atoms with E-state index in [1.165, 1.54) is 0 Å². The Bertz CT molecular complexity index is 473. The van der Waals surface area contributed by atoms with Gasteiger partial charge < -0.3 is 0 Å². The van der Waals surface area contributed by atoms with E-state index >= 15 is 0 Å². The lowest BCUT2D eigenvalue weighted by Crippen LogP contribution is -2.37. The van der Waals surface area contributed by atoms with Gasteiger partial charge in [-0.2, -0.15) is 0 Å². The molecule has 0 unspecified atom stereocenters. The van der Waals surface area contributed by atoms with Crippen molar-refractivity contribution >= 4 is 34.2 Å². The van der Waals surface area contributed by atoms with E-state index in [4.69, 9.17) is 0 Å². The highest BCUT2D eigenvalue weighted by Gasteiger charge is 2.09. The highest BCUT2D eigenvalue weighted by atomic mass is 127. The van der Waals surface area contributed by atoms with Gasteiger partial charge in [0.15, 0.2) is 13.2 Å². The molecule has 1 aliphatic rings. The molecule has 0 aliphatic carbocycles. The molecule has 1 aliphatic heterocycles. The molecule has 0 saturated carbocycles. The molecule has 0 amide bonds. The number of aliphatic imine (C=N–C) groups is 1. The van der Waals surface area contributed by atoms with Crippen molar-refractivity contribution in [3.05, 3.63) is 40.4 Å². The van der Waals surface area contributed by atoms with Gasteiger partial charge in [0.25, 0.3) is 0 Å². The summed E-state index contributed by atoms with van der Waals surface area (Å²) in [6, 6.07) is 2.00. The van der Waals surface area contributed by atoms with Gasteiger partial charge in [-0.3, -0.25) is 0 Å². The summed E-state index contributed by atoms with van der Waals surface area (Å²) in [7, 11) is 2.00. The van der Waals surface area contributed by atoms with Crippen LogP contribution in [0.3, 0.4) is 0 Å². The molecule has 0 radical (unpaired) electrons. The molecule has 0 N–H and O–H groups in total. The number of nitrogens with zero attached hydrogens (tertiary/aromatic N) is 3. The maximum atomic E-state index is 3.96. The summed E-state index contributed by atoms with van der Waals surface area (Å²) in [5, 5.41) is 0. The van der Waals surface area contributed by atoms with Crippen molar-refractivity contribution < 1.29 is 4.68 Å². The third-order valence-electron chi connectivity index (χ3n) is 1.93. The van der Waals surface area contributed by atoms with E-state index in [0.717, 1.165) is 9.28 Å². The molecule has 0 bridgehead atoms. The summed E-state index contributed by atoms with van der Waals surface area (Å²) < 4.78 is 5.18. The van der Waals surface area contributed by atoms with Crippen molar-refractivity contribution in [1.29, 1.82) is 0 Å². The lowest BCUT2D eigenvalue weighted by atomic mass is 10.4. The van der Waals surface area contributed by atoms with Gasteiger partial charge in [-0.25, -0.2) is 4.99 Å². The molecule has 2 heterocycles. The number of hydrogen-bond acceptors (Lipinski definition) is 1. The third-order valence-corrected chi connectivity index (χ3v) is 2.80. The van der Waals surface area contributed by atoms with Gasteiger partial charge in [-0.1, -0.05) is 0 Å². The number of allylic oxidation sites excluding steroid dienone is 4. The summed E-state index contributed by atoms with van der Waals surface area (Å²) in [4.78, 5) is 3.96. The maximum Gasteiger partial charge on any atom is 0.195 e. The Morgan fingerprint density at radius 2 is 2.43 bits per heavy atom. The van der Waals surface area contributed by atoms with Crippen LogP contribution in [0.1, 0.15) is 0 Å². The topological polar surface area (TPSA) is 21.2 Å². The van der Waals surface area contributed by atoms with Crippen LogP contribution in [-0.4, -0.2) is 10.6 Å². The SMILES string of the molecule is C[n+]1cccn1C1=C(I)C=C=NC=C1. The first kappa shape index (κ1) is 9.43. The van der Waals surface area contributed by atoms with E-state index < -0.39 is 0 Å². The zero-order valence-corrected chi connectivity index (χ0v) is 9.84. The van der Waals surface area contributed by atoms with Gasteiger partial charge in [-0.15, -0.1) is 9.36 Å². The van der Waals surface area contributed by atoms with Crippen LogP contribution in [0.25, 0.3) is 5.70 Å². The first-order chi connectivity index (χ1) is 6.79. The van der Waals surface area contributed by atoms with Crippen molar-refractivity contribution in [3.8, 4) is 0 Å². The Hall–Kier alpha value is -1.13. The standard InChI is InChI=1S/C10H9IN3/c1-13-7-2-8-14(13)10-4-6-12-5-3-9(10)11/h2-4,6-8H,1H3/q+1. The third kappa shape index (κ3) is 1.71. The Morgan fingerprint density at radius 3 is 3.14 bits per heavy atom. The Morgan fingerprint density at radius 1 is 1.57 bits per heavy atom. The summed E-state index contributed by atoms with van der Waals surface area (Å²) >= 11 is 2.28. The fourth-order valence-electron chi connectivity index (χ4n) is 1.26. The minimum atomic E-state index is 1.10. The minimum Gasteiger partial charge on any atom is -0.214 e. The number of rotatable bonds is 1. The number of hydrogen-bond donors (Lipinski definition) is 0. The second kappa shape index (κ2) is 3.94. The fourth-order valence-corrected chi connectivity index (χ4v) is 1.82. The van der Waals surface area contributed by atoms with Crippen LogP contribution in [0.2, 0.25) is 0 Å². The summed E-state index contributed by atoms with van der Waals surface area (Å²) in [5.74, 6) is 2.83. The van der Waals surface area contributed by atoms with E-state index in [9.17, 15) is 0 Å². The van der Waals surface area contributed by atoms with Crippen molar-refractivity contribution in [1.82, 2.24) is 4.68 Å². The average Bonchev–Trinajstić information content (AvgIpc) is 2.46. The normalized spacial score (nSPS) is 15.0. The van der Waals surface area contributed by atoms with Crippen LogP contribution in [-0.2, 0) is 7.05 Å². The minimum absolute atomic E-state index is 1.10. The quantitative estimate of drug-likeness (QED) is 0.556. The lowest BCUT2D eigenvalue weighted by Gasteiger charge is -2.01. The Balaban J connectivity index is 2.55. The average molecular weight is 298 g/mol. The van der Waals surface area contributed by atoms with E-state index in [-0.39, 0.29) is 0 Å². The molecule has 0 spiro atoms. The van der Waals surface area contributed by atoms with E-state index in [2.05, 4.69) is 38.1 Å². The van der Waals surface area contributed by atoms with Crippen LogP contribution in [0, 0.1) is 0 Å². The van der Waals surface area contributed by atoms with Crippen LogP contribution in [0.5, 0.6) is 0 Å². The Labute approximate surface area is 95.9 Å². The van der Waals surface area contributed by atoms with Gasteiger partial charge >= 0.3 is 0 Å².